The maximum atomic E-state index is 11.9. The number of hydrogen-bond acceptors (Lipinski definition) is 9. The van der Waals surface area contributed by atoms with Crippen molar-refractivity contribution in [2.75, 3.05) is 13.7 Å². The molecule has 3 aromatic heterocycles. The molecule has 0 aliphatic heterocycles. The van der Waals surface area contributed by atoms with Crippen LogP contribution in [0.25, 0.3) is 23.4 Å². The van der Waals surface area contributed by atoms with Crippen molar-refractivity contribution in [3.05, 3.63) is 102 Å². The standard InChI is InChI=1S/C31H29N3O7/c1-4-37-30(35)15-13-24-18-29(33-34(24)23-9-6-5-7-10-23)40-19-22-12-14-26(28(17-22)36-3)39-20-25-21(2)41-31(32-25)27-11-8-16-38-27/h5-18H,4,19-20H2,1-3H3/b15-13+. The summed E-state index contributed by atoms with van der Waals surface area (Å²) in [7, 11) is 1.58. The lowest BCUT2D eigenvalue weighted by molar-refractivity contribution is -0.137. The first-order chi connectivity index (χ1) is 20.0. The lowest BCUT2D eigenvalue weighted by Crippen LogP contribution is -2.02. The molecule has 0 aliphatic rings. The molecule has 5 rings (SSSR count). The van der Waals surface area contributed by atoms with E-state index in [1.807, 2.05) is 55.5 Å². The van der Waals surface area contributed by atoms with Crippen LogP contribution in [-0.2, 0) is 22.7 Å². The molecule has 41 heavy (non-hydrogen) atoms. The largest absolute Gasteiger partial charge is 0.493 e. The van der Waals surface area contributed by atoms with Gasteiger partial charge in [0.15, 0.2) is 17.3 Å². The van der Waals surface area contributed by atoms with Gasteiger partial charge in [0.1, 0.15) is 24.7 Å². The van der Waals surface area contributed by atoms with E-state index in [1.165, 1.54) is 6.08 Å². The molecule has 10 heteroatoms. The van der Waals surface area contributed by atoms with Crippen LogP contribution in [0.5, 0.6) is 17.4 Å². The molecule has 10 nitrogen and oxygen atoms in total. The van der Waals surface area contributed by atoms with Gasteiger partial charge in [0.2, 0.25) is 5.88 Å². The number of esters is 1. The highest BCUT2D eigenvalue weighted by atomic mass is 16.5. The number of hydrogen-bond donors (Lipinski definition) is 0. The Morgan fingerprint density at radius 1 is 1.00 bits per heavy atom. The lowest BCUT2D eigenvalue weighted by atomic mass is 10.2. The summed E-state index contributed by atoms with van der Waals surface area (Å²) in [6, 6.07) is 20.4. The molecule has 0 radical (unpaired) electrons. The maximum absolute atomic E-state index is 11.9. The summed E-state index contributed by atoms with van der Waals surface area (Å²) in [6.07, 6.45) is 4.58. The van der Waals surface area contributed by atoms with Gasteiger partial charge < -0.3 is 27.8 Å². The number of carbonyl (C=O) groups is 1. The highest BCUT2D eigenvalue weighted by Crippen LogP contribution is 2.30. The van der Waals surface area contributed by atoms with Gasteiger partial charge in [-0.2, -0.15) is 0 Å². The average molecular weight is 556 g/mol. The number of ether oxygens (including phenoxy) is 4. The van der Waals surface area contributed by atoms with Gasteiger partial charge in [-0.1, -0.05) is 24.3 Å². The second kappa shape index (κ2) is 12.7. The molecule has 5 aromatic rings. The van der Waals surface area contributed by atoms with Gasteiger partial charge >= 0.3 is 5.97 Å². The summed E-state index contributed by atoms with van der Waals surface area (Å²) in [6.45, 7) is 4.32. The number of oxazole rings is 1. The van der Waals surface area contributed by atoms with E-state index >= 15 is 0 Å². The number of carbonyl (C=O) groups excluding carboxylic acids is 1. The van der Waals surface area contributed by atoms with Gasteiger partial charge in [0.25, 0.3) is 5.89 Å². The average Bonchev–Trinajstić information content (AvgIpc) is 3.75. The molecule has 0 amide bonds. The van der Waals surface area contributed by atoms with E-state index in [-0.39, 0.29) is 13.2 Å². The predicted octanol–water partition coefficient (Wildman–Crippen LogP) is 6.17. The Morgan fingerprint density at radius 3 is 2.61 bits per heavy atom. The number of aryl methyl sites for hydroxylation is 1. The van der Waals surface area contributed by atoms with E-state index in [4.69, 9.17) is 27.8 Å². The maximum Gasteiger partial charge on any atom is 0.330 e. The molecule has 210 valence electrons. The molecule has 0 saturated carbocycles. The zero-order valence-corrected chi connectivity index (χ0v) is 22.9. The van der Waals surface area contributed by atoms with Crippen LogP contribution in [0.3, 0.4) is 0 Å². The number of rotatable bonds is 12. The van der Waals surface area contributed by atoms with E-state index in [0.717, 1.165) is 11.3 Å². The van der Waals surface area contributed by atoms with Crippen LogP contribution < -0.4 is 14.2 Å². The van der Waals surface area contributed by atoms with Gasteiger partial charge in [0.05, 0.1) is 31.4 Å². The van der Waals surface area contributed by atoms with Crippen LogP contribution >= 0.6 is 0 Å². The van der Waals surface area contributed by atoms with E-state index < -0.39 is 5.97 Å². The van der Waals surface area contributed by atoms with Crippen LogP contribution in [0.2, 0.25) is 0 Å². The van der Waals surface area contributed by atoms with E-state index in [2.05, 4.69) is 10.1 Å². The minimum absolute atomic E-state index is 0.196. The van der Waals surface area contributed by atoms with Gasteiger partial charge in [-0.15, -0.1) is 5.10 Å². The smallest absolute Gasteiger partial charge is 0.330 e. The van der Waals surface area contributed by atoms with Gasteiger partial charge in [0, 0.05) is 12.1 Å². The Morgan fingerprint density at radius 2 is 1.85 bits per heavy atom. The quantitative estimate of drug-likeness (QED) is 0.132. The monoisotopic (exact) mass is 555 g/mol. The first kappa shape index (κ1) is 27.3. The van der Waals surface area contributed by atoms with Gasteiger partial charge in [-0.05, 0) is 61.9 Å². The summed E-state index contributed by atoms with van der Waals surface area (Å²) < 4.78 is 35.3. The Hall–Kier alpha value is -5.25. The van der Waals surface area contributed by atoms with Crippen LogP contribution in [0.1, 0.15) is 29.6 Å². The first-order valence-corrected chi connectivity index (χ1v) is 13.0. The third-order valence-corrected chi connectivity index (χ3v) is 6.00. The van der Waals surface area contributed by atoms with E-state index in [1.54, 1.807) is 49.3 Å². The number of nitrogens with zero attached hydrogens (tertiary/aromatic N) is 3. The lowest BCUT2D eigenvalue weighted by Gasteiger charge is -2.12. The molecular formula is C31H29N3O7. The van der Waals surface area contributed by atoms with Crippen molar-refractivity contribution >= 4 is 12.0 Å². The van der Waals surface area contributed by atoms with Crippen LogP contribution in [0.15, 0.2) is 87.9 Å². The van der Waals surface area contributed by atoms with Crippen molar-refractivity contribution in [2.24, 2.45) is 0 Å². The second-order valence-corrected chi connectivity index (χ2v) is 8.80. The van der Waals surface area contributed by atoms with Crippen LogP contribution in [-0.4, -0.2) is 34.5 Å². The van der Waals surface area contributed by atoms with Crippen LogP contribution in [0.4, 0.5) is 0 Å². The Balaban J connectivity index is 1.27. The molecule has 0 atom stereocenters. The van der Waals surface area contributed by atoms with Gasteiger partial charge in [-0.3, -0.25) is 0 Å². The number of benzene rings is 2. The number of furan rings is 1. The summed E-state index contributed by atoms with van der Waals surface area (Å²) in [5.41, 5.74) is 3.00. The number of methoxy groups -OCH3 is 1. The zero-order valence-electron chi connectivity index (χ0n) is 22.9. The fraction of sp³-hybridized carbons (Fsp3) is 0.194. The molecule has 0 bridgehead atoms. The summed E-state index contributed by atoms with van der Waals surface area (Å²) in [4.78, 5) is 16.3. The minimum atomic E-state index is -0.429. The van der Waals surface area contributed by atoms with Crippen molar-refractivity contribution in [2.45, 2.75) is 27.1 Å². The predicted molar refractivity (Wildman–Crippen MR) is 150 cm³/mol. The SMILES string of the molecule is CCOC(=O)/C=C/c1cc(OCc2ccc(OCc3nc(-c4ccco4)oc3C)c(OC)c2)nn1-c1ccccc1. The van der Waals surface area contributed by atoms with Gasteiger partial charge in [-0.25, -0.2) is 14.5 Å². The third-order valence-electron chi connectivity index (χ3n) is 6.00. The highest BCUT2D eigenvalue weighted by molar-refractivity contribution is 5.86. The molecule has 3 heterocycles. The topological polar surface area (TPSA) is 111 Å². The summed E-state index contributed by atoms with van der Waals surface area (Å²) in [5, 5.41) is 4.58. The molecule has 0 saturated heterocycles. The van der Waals surface area contributed by atoms with Crippen molar-refractivity contribution < 1.29 is 32.6 Å². The summed E-state index contributed by atoms with van der Waals surface area (Å²) in [5.74, 6) is 2.67. The Bertz CT molecular complexity index is 1620. The zero-order chi connectivity index (χ0) is 28.6. The molecular weight excluding hydrogens is 526 g/mol. The van der Waals surface area contributed by atoms with E-state index in [9.17, 15) is 4.79 Å². The molecule has 0 spiro atoms. The number of para-hydroxylation sites is 1. The normalized spacial score (nSPS) is 11.1. The summed E-state index contributed by atoms with van der Waals surface area (Å²) >= 11 is 0. The molecule has 0 aliphatic carbocycles. The van der Waals surface area contributed by atoms with Crippen molar-refractivity contribution in [1.29, 1.82) is 0 Å². The second-order valence-electron chi connectivity index (χ2n) is 8.80. The van der Waals surface area contributed by atoms with Crippen molar-refractivity contribution in [3.8, 4) is 34.7 Å². The van der Waals surface area contributed by atoms with Crippen LogP contribution in [0, 0.1) is 6.92 Å². The molecule has 2 aromatic carbocycles. The highest BCUT2D eigenvalue weighted by Gasteiger charge is 2.16. The molecule has 0 unspecified atom stereocenters. The third kappa shape index (κ3) is 6.67. The molecule has 0 N–H and O–H groups in total. The van der Waals surface area contributed by atoms with Crippen molar-refractivity contribution in [3.63, 3.8) is 0 Å². The number of aromatic nitrogens is 3. The Kier molecular flexibility index (Phi) is 8.49. The minimum Gasteiger partial charge on any atom is -0.493 e. The fourth-order valence-corrected chi connectivity index (χ4v) is 3.97. The fourth-order valence-electron chi connectivity index (χ4n) is 3.97. The first-order valence-electron chi connectivity index (χ1n) is 13.0. The van der Waals surface area contributed by atoms with Crippen molar-refractivity contribution in [1.82, 2.24) is 14.8 Å². The van der Waals surface area contributed by atoms with E-state index in [0.29, 0.717) is 52.8 Å². The molecule has 0 fully saturated rings. The Labute approximate surface area is 236 Å².